The molecule has 0 heterocycles. The summed E-state index contributed by atoms with van der Waals surface area (Å²) in [4.78, 5) is 63.0. The number of hydrogen-bond acceptors (Lipinski definition) is 10. The highest BCUT2D eigenvalue weighted by Gasteiger charge is 2.38. The molecule has 1 aromatic rings. The molecular formula is C28H43N3O9S. The van der Waals surface area contributed by atoms with Crippen LogP contribution in [0.4, 0.5) is 5.69 Å². The number of unbranched alkanes of at least 4 members (excludes halogenated alkanes) is 1. The van der Waals surface area contributed by atoms with E-state index in [1.165, 1.54) is 19.2 Å². The van der Waals surface area contributed by atoms with Gasteiger partial charge in [-0.3, -0.25) is 19.7 Å². The molecule has 2 amide bonds. The first kappa shape index (κ1) is 35.8. The van der Waals surface area contributed by atoms with Gasteiger partial charge in [-0.15, -0.1) is 11.8 Å². The standard InChI is InChI=1S/C28H43N3O9S/c1-8-9-14-38-27(35)24(39-16-23(32)40-28(4,5)6)19(15-18(2)3)25(33)30-20(26(34)29-7)17-41-22-13-11-10-12-21(22)31(36)37/h10-13,18-20,24H,8-9,14-17H2,1-7H3,(H,29,34)(H,30,33)/t19-,20-,24+/m0/s1. The summed E-state index contributed by atoms with van der Waals surface area (Å²) in [7, 11) is 1.40. The van der Waals surface area contributed by atoms with Gasteiger partial charge in [0.15, 0.2) is 6.10 Å². The fraction of sp³-hybridized carbons (Fsp3) is 0.643. The Hall–Kier alpha value is -3.19. The smallest absolute Gasteiger partial charge is 0.336 e. The highest BCUT2D eigenvalue weighted by Crippen LogP contribution is 2.29. The number of amides is 2. The maximum atomic E-state index is 13.6. The van der Waals surface area contributed by atoms with Crippen LogP contribution in [0.25, 0.3) is 0 Å². The van der Waals surface area contributed by atoms with Crippen LogP contribution in [0, 0.1) is 22.0 Å². The van der Waals surface area contributed by atoms with E-state index in [4.69, 9.17) is 14.2 Å². The lowest BCUT2D eigenvalue weighted by Crippen LogP contribution is -2.52. The molecule has 0 spiro atoms. The van der Waals surface area contributed by atoms with E-state index in [1.54, 1.807) is 32.9 Å². The van der Waals surface area contributed by atoms with Crippen LogP contribution in [0.1, 0.15) is 60.8 Å². The molecule has 0 radical (unpaired) electrons. The van der Waals surface area contributed by atoms with Crippen LogP contribution in [-0.4, -0.2) is 72.4 Å². The minimum Gasteiger partial charge on any atom is -0.464 e. The Balaban J connectivity index is 3.23. The van der Waals surface area contributed by atoms with Crippen LogP contribution in [0.15, 0.2) is 29.2 Å². The number of likely N-dealkylation sites (N-methyl/N-ethyl adjacent to an activating group) is 1. The predicted molar refractivity (Wildman–Crippen MR) is 154 cm³/mol. The Kier molecular flexibility index (Phi) is 15.4. The topological polar surface area (TPSA) is 163 Å². The van der Waals surface area contributed by atoms with Crippen molar-refractivity contribution in [2.75, 3.05) is 26.0 Å². The van der Waals surface area contributed by atoms with Crippen molar-refractivity contribution in [1.29, 1.82) is 0 Å². The second kappa shape index (κ2) is 17.6. The molecule has 0 aliphatic heterocycles. The highest BCUT2D eigenvalue weighted by molar-refractivity contribution is 7.99. The number of carbonyl (C=O) groups is 4. The van der Waals surface area contributed by atoms with Gasteiger partial charge in [-0.05, 0) is 45.6 Å². The van der Waals surface area contributed by atoms with E-state index in [9.17, 15) is 29.3 Å². The molecule has 0 aromatic heterocycles. The SMILES string of the molecule is CCCCOC(=O)[C@H](OCC(=O)OC(C)(C)C)[C@H](CC(C)C)C(=O)N[C@@H](CSc1ccccc1[N+](=O)[O-])C(=O)NC. The van der Waals surface area contributed by atoms with Crippen LogP contribution in [0.5, 0.6) is 0 Å². The summed E-state index contributed by atoms with van der Waals surface area (Å²) >= 11 is 1.04. The van der Waals surface area contributed by atoms with E-state index in [1.807, 2.05) is 20.8 Å². The lowest BCUT2D eigenvalue weighted by Gasteiger charge is -2.28. The van der Waals surface area contributed by atoms with Gasteiger partial charge in [-0.1, -0.05) is 39.3 Å². The van der Waals surface area contributed by atoms with Gasteiger partial charge < -0.3 is 24.8 Å². The van der Waals surface area contributed by atoms with Crippen LogP contribution in [-0.2, 0) is 33.4 Å². The number of ether oxygens (including phenoxy) is 3. The van der Waals surface area contributed by atoms with Gasteiger partial charge in [-0.2, -0.15) is 0 Å². The van der Waals surface area contributed by atoms with E-state index in [0.717, 1.165) is 18.2 Å². The number of nitrogens with zero attached hydrogens (tertiary/aromatic N) is 1. The number of nitrogens with one attached hydrogen (secondary N) is 2. The van der Waals surface area contributed by atoms with Gasteiger partial charge in [0.1, 0.15) is 18.2 Å². The average molecular weight is 598 g/mol. The maximum Gasteiger partial charge on any atom is 0.336 e. The third kappa shape index (κ3) is 13.3. The summed E-state index contributed by atoms with van der Waals surface area (Å²) in [6, 6.07) is 4.99. The van der Waals surface area contributed by atoms with Gasteiger partial charge in [0.05, 0.1) is 22.3 Å². The zero-order chi connectivity index (χ0) is 31.2. The quantitative estimate of drug-likeness (QED) is 0.0891. The number of benzene rings is 1. The number of nitro groups is 1. The number of hydrogen-bond donors (Lipinski definition) is 2. The van der Waals surface area contributed by atoms with Crippen LogP contribution in [0.2, 0.25) is 0 Å². The van der Waals surface area contributed by atoms with E-state index in [0.29, 0.717) is 11.3 Å². The Bertz CT molecular complexity index is 1040. The van der Waals surface area contributed by atoms with Crippen molar-refractivity contribution < 1.29 is 38.3 Å². The number of rotatable bonds is 17. The summed E-state index contributed by atoms with van der Waals surface area (Å²) in [5.41, 5.74) is -0.902. The van der Waals surface area contributed by atoms with Gasteiger partial charge >= 0.3 is 11.9 Å². The van der Waals surface area contributed by atoms with Crippen molar-refractivity contribution in [2.45, 2.75) is 83.4 Å². The Morgan fingerprint density at radius 3 is 2.32 bits per heavy atom. The lowest BCUT2D eigenvalue weighted by atomic mass is 9.90. The van der Waals surface area contributed by atoms with Crippen LogP contribution < -0.4 is 10.6 Å². The molecule has 0 saturated heterocycles. The normalized spacial score (nSPS) is 13.6. The molecule has 12 nitrogen and oxygen atoms in total. The van der Waals surface area contributed by atoms with Gasteiger partial charge in [0.2, 0.25) is 11.8 Å². The third-order valence-electron chi connectivity index (χ3n) is 5.55. The third-order valence-corrected chi connectivity index (χ3v) is 6.71. The minimum atomic E-state index is -1.44. The van der Waals surface area contributed by atoms with Crippen molar-refractivity contribution in [1.82, 2.24) is 10.6 Å². The van der Waals surface area contributed by atoms with Crippen molar-refractivity contribution in [3.8, 4) is 0 Å². The zero-order valence-electron chi connectivity index (χ0n) is 24.9. The first-order valence-corrected chi connectivity index (χ1v) is 14.6. The first-order chi connectivity index (χ1) is 19.2. The fourth-order valence-electron chi connectivity index (χ4n) is 3.69. The minimum absolute atomic E-state index is 0.0188. The second-order valence-electron chi connectivity index (χ2n) is 10.8. The fourth-order valence-corrected chi connectivity index (χ4v) is 4.74. The number of esters is 2. The lowest BCUT2D eigenvalue weighted by molar-refractivity contribution is -0.387. The molecule has 0 aliphatic rings. The van der Waals surface area contributed by atoms with Crippen molar-refractivity contribution in [3.63, 3.8) is 0 Å². The first-order valence-electron chi connectivity index (χ1n) is 13.6. The van der Waals surface area contributed by atoms with E-state index >= 15 is 0 Å². The van der Waals surface area contributed by atoms with Crippen LogP contribution in [0.3, 0.4) is 0 Å². The van der Waals surface area contributed by atoms with E-state index in [2.05, 4.69) is 10.6 Å². The maximum absolute atomic E-state index is 13.6. The molecule has 230 valence electrons. The molecule has 0 fully saturated rings. The molecule has 0 unspecified atom stereocenters. The largest absolute Gasteiger partial charge is 0.464 e. The van der Waals surface area contributed by atoms with Crippen molar-refractivity contribution in [2.24, 2.45) is 11.8 Å². The van der Waals surface area contributed by atoms with Crippen LogP contribution >= 0.6 is 11.8 Å². The molecule has 3 atom stereocenters. The molecule has 41 heavy (non-hydrogen) atoms. The predicted octanol–water partition coefficient (Wildman–Crippen LogP) is 3.65. The molecule has 0 aliphatic carbocycles. The number of nitro benzene ring substituents is 1. The van der Waals surface area contributed by atoms with Crippen molar-refractivity contribution >= 4 is 41.2 Å². The second-order valence-corrected chi connectivity index (χ2v) is 11.8. The van der Waals surface area contributed by atoms with E-state index in [-0.39, 0.29) is 30.4 Å². The molecule has 1 rings (SSSR count). The Morgan fingerprint density at radius 2 is 1.76 bits per heavy atom. The molecule has 1 aromatic carbocycles. The molecule has 2 N–H and O–H groups in total. The average Bonchev–Trinajstić information content (AvgIpc) is 2.88. The van der Waals surface area contributed by atoms with Gasteiger partial charge in [0.25, 0.3) is 5.69 Å². The summed E-state index contributed by atoms with van der Waals surface area (Å²) < 4.78 is 16.3. The van der Waals surface area contributed by atoms with E-state index < -0.39 is 58.9 Å². The number of carbonyl (C=O) groups excluding carboxylic acids is 4. The molecule has 0 bridgehead atoms. The summed E-state index contributed by atoms with van der Waals surface area (Å²) in [6.07, 6.45) is 0.131. The Morgan fingerprint density at radius 1 is 1.10 bits per heavy atom. The monoisotopic (exact) mass is 597 g/mol. The summed E-state index contributed by atoms with van der Waals surface area (Å²) in [6.45, 7) is 10.2. The summed E-state index contributed by atoms with van der Waals surface area (Å²) in [5.74, 6) is -3.88. The highest BCUT2D eigenvalue weighted by atomic mass is 32.2. The number of thioether (sulfide) groups is 1. The van der Waals surface area contributed by atoms with Crippen molar-refractivity contribution in [3.05, 3.63) is 34.4 Å². The number of para-hydroxylation sites is 1. The molecule has 13 heteroatoms. The summed E-state index contributed by atoms with van der Waals surface area (Å²) in [5, 5.41) is 16.6. The zero-order valence-corrected chi connectivity index (χ0v) is 25.7. The van der Waals surface area contributed by atoms with Gasteiger partial charge in [-0.25, -0.2) is 9.59 Å². The molecule has 0 saturated carbocycles. The Labute approximate surface area is 245 Å². The molecular weight excluding hydrogens is 554 g/mol. The van der Waals surface area contributed by atoms with Gasteiger partial charge in [0, 0.05) is 18.9 Å².